The molecule has 0 rings (SSSR count). The molecular weight excluding hydrogens is 281 g/mol. The first kappa shape index (κ1) is 42.8. The largest absolute Gasteiger partial charge is 1.00 e. The van der Waals surface area contributed by atoms with E-state index in [1.54, 1.807) is 0 Å². The van der Waals surface area contributed by atoms with E-state index in [4.69, 9.17) is 60.3 Å². The van der Waals surface area contributed by atoms with Crippen LogP contribution in [0.3, 0.4) is 0 Å². The van der Waals surface area contributed by atoms with Crippen LogP contribution >= 0.6 is 0 Å². The van der Waals surface area contributed by atoms with Crippen molar-refractivity contribution in [1.82, 2.24) is 0 Å². The van der Waals surface area contributed by atoms with Crippen molar-refractivity contribution in [3.8, 4) is 0 Å². The molecule has 0 aliphatic rings. The Bertz CT molecular complexity index is 67.6. The van der Waals surface area contributed by atoms with E-state index in [1.165, 1.54) is 0 Å². The van der Waals surface area contributed by atoms with Crippen LogP contribution in [0.25, 0.3) is 0 Å². The van der Waals surface area contributed by atoms with Gasteiger partial charge in [-0.2, -0.15) is 0 Å². The quantitative estimate of drug-likeness (QED) is 0.185. The van der Waals surface area contributed by atoms with Crippen molar-refractivity contribution in [2.45, 2.75) is 0 Å². The second-order valence-electron chi connectivity index (χ2n) is 1.37. The van der Waals surface area contributed by atoms with E-state index in [9.17, 15) is 0 Å². The summed E-state index contributed by atoms with van der Waals surface area (Å²) in [6, 6.07) is 0. The van der Waals surface area contributed by atoms with Gasteiger partial charge in [-0.25, -0.2) is 0 Å². The Morgan fingerprint density at radius 3 is 0.526 bits per heavy atom. The van der Waals surface area contributed by atoms with E-state index in [0.29, 0.717) is 0 Å². The third kappa shape index (κ3) is 3250. The Kier molecular flexibility index (Phi) is 82.2. The van der Waals surface area contributed by atoms with Crippen molar-refractivity contribution in [3.63, 3.8) is 0 Å². The third-order valence-electron chi connectivity index (χ3n) is 0. The topological polar surface area (TPSA) is 276 Å². The first-order chi connectivity index (χ1) is 6.93. The van der Waals surface area contributed by atoms with Crippen LogP contribution in [0.4, 0.5) is 0 Å². The average molecular weight is 293 g/mol. The van der Waals surface area contributed by atoms with E-state index < -0.39 is 29.3 Å². The molecule has 0 spiro atoms. The number of hydrogen-bond donors (Lipinski definition) is 11. The molecule has 0 aromatic heterocycles. The molecule has 104 valence electrons. The monoisotopic (exact) mass is 294 g/mol. The SMILES string of the molecule is OB(O)O.OB(O)O.OB(O)O.[Li+].[Na+].[O-]B(O)O.[OH-]. The summed E-state index contributed by atoms with van der Waals surface area (Å²) < 4.78 is 0. The molecule has 0 aromatic carbocycles. The second-order valence-corrected chi connectivity index (χ2v) is 1.37. The maximum atomic E-state index is 8.64. The van der Waals surface area contributed by atoms with Crippen molar-refractivity contribution < 1.29 is 114 Å². The van der Waals surface area contributed by atoms with Gasteiger partial charge in [-0.3, -0.25) is 0 Å². The fourth-order valence-electron chi connectivity index (χ4n) is 0. The van der Waals surface area contributed by atoms with E-state index in [1.807, 2.05) is 0 Å². The van der Waals surface area contributed by atoms with Crippen molar-refractivity contribution in [2.75, 3.05) is 0 Å². The van der Waals surface area contributed by atoms with Crippen LogP contribution in [0.15, 0.2) is 0 Å². The van der Waals surface area contributed by atoms with E-state index in [0.717, 1.165) is 0 Å². The Morgan fingerprint density at radius 1 is 0.526 bits per heavy atom. The van der Waals surface area contributed by atoms with Crippen LogP contribution in [0, 0.1) is 0 Å². The van der Waals surface area contributed by atoms with Gasteiger partial charge < -0.3 is 65.8 Å². The predicted molar refractivity (Wildman–Crippen MR) is 49.4 cm³/mol. The van der Waals surface area contributed by atoms with Gasteiger partial charge in [-0.05, 0) is 0 Å². The van der Waals surface area contributed by atoms with Gasteiger partial charge in [0.1, 0.15) is 0 Å². The Labute approximate surface area is 143 Å². The Balaban J connectivity index is -0.0000000192. The standard InChI is InChI=1S/3BH3O3.BH2O3.Li.Na.H2O/c4*2-1(3)4;;;/h3*2-4H;2-3H;;;1H2/q;;;-1;2*+1;/p-1. The molecule has 0 bridgehead atoms. The molecule has 12 N–H and O–H groups in total. The zero-order valence-electron chi connectivity index (χ0n) is 10.1. The minimum Gasteiger partial charge on any atom is -0.870 e. The van der Waals surface area contributed by atoms with Gasteiger partial charge >= 0.3 is 77.7 Å². The van der Waals surface area contributed by atoms with Crippen LogP contribution in [-0.4, -0.2) is 90.0 Å². The molecule has 0 amide bonds. The maximum Gasteiger partial charge on any atom is 1.00 e. The van der Waals surface area contributed by atoms with Gasteiger partial charge in [0.05, 0.1) is 0 Å². The fourth-order valence-corrected chi connectivity index (χ4v) is 0. The summed E-state index contributed by atoms with van der Waals surface area (Å²) in [5, 5.41) is 87.2. The Hall–Kier alpha value is 1.34. The number of hydrogen-bond acceptors (Lipinski definition) is 13. The van der Waals surface area contributed by atoms with Crippen molar-refractivity contribution >= 4 is 29.3 Å². The average Bonchev–Trinajstić information content (AvgIpc) is 1.76. The van der Waals surface area contributed by atoms with E-state index in [2.05, 4.69) is 0 Å². The zero-order chi connectivity index (χ0) is 14.3. The minimum absolute atomic E-state index is 0. The normalized spacial score (nSPS) is 5.68. The molecule has 13 nitrogen and oxygen atoms in total. The molecule has 0 unspecified atom stereocenters. The van der Waals surface area contributed by atoms with Crippen molar-refractivity contribution in [1.29, 1.82) is 0 Å². The summed E-state index contributed by atoms with van der Waals surface area (Å²) in [6.07, 6.45) is 0. The summed E-state index contributed by atoms with van der Waals surface area (Å²) in [7, 11) is -8.92. The van der Waals surface area contributed by atoms with Crippen molar-refractivity contribution in [2.24, 2.45) is 0 Å². The molecule has 0 heterocycles. The molecule has 0 aliphatic heterocycles. The first-order valence-corrected chi connectivity index (χ1v) is 3.08. The smallest absolute Gasteiger partial charge is 0.870 e. The summed E-state index contributed by atoms with van der Waals surface area (Å²) in [5.74, 6) is 0. The van der Waals surface area contributed by atoms with E-state index >= 15 is 0 Å². The van der Waals surface area contributed by atoms with Gasteiger partial charge in [0, 0.05) is 0 Å². The molecule has 0 aromatic rings. The van der Waals surface area contributed by atoms with Gasteiger partial charge in [-0.1, -0.05) is 0 Å². The van der Waals surface area contributed by atoms with Gasteiger partial charge in [0.15, 0.2) is 0 Å². The van der Waals surface area contributed by atoms with Crippen molar-refractivity contribution in [3.05, 3.63) is 0 Å². The fraction of sp³-hybridized carbons (Fsp3) is 0. The van der Waals surface area contributed by atoms with E-state index in [-0.39, 0.29) is 53.9 Å². The number of rotatable bonds is 0. The third-order valence-corrected chi connectivity index (χ3v) is 0. The predicted octanol–water partition coefficient (Wildman–Crippen LogP) is -15.0. The summed E-state index contributed by atoms with van der Waals surface area (Å²) in [5.41, 5.74) is 0. The van der Waals surface area contributed by atoms with Crippen LogP contribution in [0.5, 0.6) is 0 Å². The molecule has 19 heteroatoms. The van der Waals surface area contributed by atoms with Crippen LogP contribution in [-0.2, 0) is 0 Å². The molecule has 0 saturated heterocycles. The molecule has 0 saturated carbocycles. The van der Waals surface area contributed by atoms with Gasteiger partial charge in [0.25, 0.3) is 0 Å². The summed E-state index contributed by atoms with van der Waals surface area (Å²) in [4.78, 5) is 0. The Morgan fingerprint density at radius 2 is 0.526 bits per heavy atom. The first-order valence-electron chi connectivity index (χ1n) is 3.08. The summed E-state index contributed by atoms with van der Waals surface area (Å²) in [6.45, 7) is 0. The molecular formula is H12B4LiNaO13. The van der Waals surface area contributed by atoms with Crippen LogP contribution in [0.1, 0.15) is 0 Å². The summed E-state index contributed by atoms with van der Waals surface area (Å²) >= 11 is 0. The molecule has 0 fully saturated rings. The van der Waals surface area contributed by atoms with Gasteiger partial charge in [0.2, 0.25) is 0 Å². The van der Waals surface area contributed by atoms with Crippen LogP contribution in [0.2, 0.25) is 0 Å². The molecule has 0 atom stereocenters. The minimum atomic E-state index is -2.42. The van der Waals surface area contributed by atoms with Gasteiger partial charge in [-0.15, -0.1) is 0 Å². The second kappa shape index (κ2) is 36.6. The van der Waals surface area contributed by atoms with Crippen LogP contribution < -0.4 is 53.4 Å². The molecule has 0 radical (unpaired) electrons. The molecule has 0 aliphatic carbocycles. The molecule has 19 heavy (non-hydrogen) atoms. The maximum absolute atomic E-state index is 8.64. The zero-order valence-corrected chi connectivity index (χ0v) is 12.1.